The van der Waals surface area contributed by atoms with E-state index in [1.165, 1.54) is 0 Å². The fraction of sp³-hybridized carbons (Fsp3) is 0.391. The van der Waals surface area contributed by atoms with Gasteiger partial charge in [0.25, 0.3) is 0 Å². The van der Waals surface area contributed by atoms with Gasteiger partial charge in [0.15, 0.2) is 0 Å². The first kappa shape index (κ1) is 21.5. The Morgan fingerprint density at radius 1 is 0.821 bits per heavy atom. The molecule has 0 aliphatic heterocycles. The predicted octanol–water partition coefficient (Wildman–Crippen LogP) is 5.23. The van der Waals surface area contributed by atoms with Gasteiger partial charge in [0.05, 0.1) is 0 Å². The molecule has 0 fully saturated rings. The van der Waals surface area contributed by atoms with Crippen LogP contribution in [0.25, 0.3) is 0 Å². The van der Waals surface area contributed by atoms with Crippen LogP contribution in [0.2, 0.25) is 0 Å². The van der Waals surface area contributed by atoms with E-state index in [1.54, 1.807) is 0 Å². The quantitative estimate of drug-likeness (QED) is 0.586. The summed E-state index contributed by atoms with van der Waals surface area (Å²) >= 11 is 0. The summed E-state index contributed by atoms with van der Waals surface area (Å²) in [7, 11) is 0. The van der Waals surface area contributed by atoms with Crippen LogP contribution in [0.5, 0.6) is 0 Å². The molecule has 2 atom stereocenters. The molecule has 0 spiro atoms. The monoisotopic (exact) mass is 381 g/mol. The molecule has 2 amide bonds. The number of anilines is 3. The summed E-state index contributed by atoms with van der Waals surface area (Å²) in [6.45, 7) is 9.83. The van der Waals surface area contributed by atoms with Gasteiger partial charge in [-0.15, -0.1) is 0 Å². The van der Waals surface area contributed by atoms with Crippen LogP contribution in [0.15, 0.2) is 48.5 Å². The van der Waals surface area contributed by atoms with Crippen LogP contribution in [-0.4, -0.2) is 17.9 Å². The van der Waals surface area contributed by atoms with Gasteiger partial charge in [0, 0.05) is 23.0 Å². The first-order valence-corrected chi connectivity index (χ1v) is 9.89. The molecule has 2 aromatic carbocycles. The summed E-state index contributed by atoms with van der Waals surface area (Å²) < 4.78 is 0. The third-order valence-electron chi connectivity index (χ3n) is 4.82. The van der Waals surface area contributed by atoms with E-state index in [1.807, 2.05) is 63.2 Å². The summed E-state index contributed by atoms with van der Waals surface area (Å²) in [4.78, 5) is 24.4. The number of benzene rings is 2. The lowest BCUT2D eigenvalue weighted by atomic mass is 9.97. The highest BCUT2D eigenvalue weighted by Crippen LogP contribution is 2.26. The number of carbonyl (C=O) groups excluding carboxylic acids is 2. The zero-order valence-electron chi connectivity index (χ0n) is 17.4. The summed E-state index contributed by atoms with van der Waals surface area (Å²) in [6, 6.07) is 14.9. The zero-order chi connectivity index (χ0) is 20.7. The third-order valence-corrected chi connectivity index (χ3v) is 4.82. The molecule has 5 heteroatoms. The predicted molar refractivity (Wildman–Crippen MR) is 117 cm³/mol. The van der Waals surface area contributed by atoms with Gasteiger partial charge >= 0.3 is 0 Å². The van der Waals surface area contributed by atoms with E-state index in [0.717, 1.165) is 29.0 Å². The van der Waals surface area contributed by atoms with Crippen LogP contribution < -0.4 is 16.0 Å². The average molecular weight is 382 g/mol. The molecule has 3 N–H and O–H groups in total. The highest BCUT2D eigenvalue weighted by molar-refractivity contribution is 5.97. The van der Waals surface area contributed by atoms with Crippen LogP contribution in [0.1, 0.15) is 52.5 Å². The number of hydrogen-bond acceptors (Lipinski definition) is 3. The summed E-state index contributed by atoms with van der Waals surface area (Å²) in [6.07, 6.45) is 1.01. The average Bonchev–Trinajstić information content (AvgIpc) is 2.69. The molecule has 0 radical (unpaired) electrons. The molecule has 150 valence electrons. The Morgan fingerprint density at radius 2 is 1.43 bits per heavy atom. The van der Waals surface area contributed by atoms with E-state index in [4.69, 9.17) is 0 Å². The number of hydrogen-bond donors (Lipinski definition) is 3. The summed E-state index contributed by atoms with van der Waals surface area (Å²) in [5.74, 6) is 0.203. The maximum atomic E-state index is 12.6. The van der Waals surface area contributed by atoms with Crippen LogP contribution in [0.4, 0.5) is 17.1 Å². The third kappa shape index (κ3) is 5.84. The molecule has 2 aromatic rings. The largest absolute Gasteiger partial charge is 0.374 e. The first-order chi connectivity index (χ1) is 13.3. The number of nitrogens with one attached hydrogen (secondary N) is 3. The van der Waals surface area contributed by atoms with Gasteiger partial charge in [-0.1, -0.05) is 45.9 Å². The minimum atomic E-state index is -0.402. The highest BCUT2D eigenvalue weighted by Gasteiger charge is 2.16. The fourth-order valence-corrected chi connectivity index (χ4v) is 2.75. The van der Waals surface area contributed by atoms with Crippen molar-refractivity contribution in [3.63, 3.8) is 0 Å². The maximum absolute atomic E-state index is 12.6. The first-order valence-electron chi connectivity index (χ1n) is 9.89. The van der Waals surface area contributed by atoms with Crippen LogP contribution in [0.3, 0.4) is 0 Å². The van der Waals surface area contributed by atoms with Gasteiger partial charge < -0.3 is 16.0 Å². The van der Waals surface area contributed by atoms with Crippen molar-refractivity contribution in [2.75, 3.05) is 16.0 Å². The fourth-order valence-electron chi connectivity index (χ4n) is 2.75. The molecule has 0 heterocycles. The van der Waals surface area contributed by atoms with E-state index in [-0.39, 0.29) is 17.7 Å². The van der Waals surface area contributed by atoms with Crippen LogP contribution >= 0.6 is 0 Å². The van der Waals surface area contributed by atoms with E-state index in [0.29, 0.717) is 5.92 Å². The van der Waals surface area contributed by atoms with Crippen molar-refractivity contribution in [2.24, 2.45) is 5.92 Å². The molecule has 2 unspecified atom stereocenters. The second-order valence-corrected chi connectivity index (χ2v) is 7.47. The van der Waals surface area contributed by atoms with Crippen molar-refractivity contribution in [2.45, 2.75) is 53.0 Å². The van der Waals surface area contributed by atoms with Crippen LogP contribution in [0, 0.1) is 5.92 Å². The molecule has 5 nitrogen and oxygen atoms in total. The van der Waals surface area contributed by atoms with Gasteiger partial charge in [-0.3, -0.25) is 9.59 Å². The lowest BCUT2D eigenvalue weighted by Gasteiger charge is -2.19. The normalized spacial score (nSPS) is 12.9. The molecule has 0 aliphatic carbocycles. The van der Waals surface area contributed by atoms with Gasteiger partial charge in [0.1, 0.15) is 6.04 Å². The molecule has 0 saturated heterocycles. The van der Waals surface area contributed by atoms with Crippen molar-refractivity contribution >= 4 is 28.9 Å². The number of rotatable bonds is 8. The zero-order valence-corrected chi connectivity index (χ0v) is 17.4. The Balaban J connectivity index is 1.98. The SMILES string of the molecule is CCC(C)c1ccccc1NC(=O)C(C)Nc1ccc(NC(=O)C(C)C)cc1. The topological polar surface area (TPSA) is 70.2 Å². The van der Waals surface area contributed by atoms with Crippen LogP contribution in [-0.2, 0) is 9.59 Å². The molecule has 0 bridgehead atoms. The van der Waals surface area contributed by atoms with Gasteiger partial charge in [0.2, 0.25) is 11.8 Å². The van der Waals surface area contributed by atoms with Crippen molar-refractivity contribution < 1.29 is 9.59 Å². The van der Waals surface area contributed by atoms with E-state index in [2.05, 4.69) is 35.9 Å². The number of amides is 2. The van der Waals surface area contributed by atoms with Crippen molar-refractivity contribution in [1.82, 2.24) is 0 Å². The second kappa shape index (κ2) is 9.93. The van der Waals surface area contributed by atoms with E-state index < -0.39 is 6.04 Å². The van der Waals surface area contributed by atoms with Gasteiger partial charge in [-0.2, -0.15) is 0 Å². The minimum absolute atomic E-state index is 0.0200. The Hall–Kier alpha value is -2.82. The smallest absolute Gasteiger partial charge is 0.246 e. The lowest BCUT2D eigenvalue weighted by molar-refractivity contribution is -0.119. The summed E-state index contributed by atoms with van der Waals surface area (Å²) in [5, 5.41) is 9.09. The van der Waals surface area contributed by atoms with E-state index in [9.17, 15) is 9.59 Å². The molecule has 0 aromatic heterocycles. The van der Waals surface area contributed by atoms with E-state index >= 15 is 0 Å². The standard InChI is InChI=1S/C23H31N3O2/c1-6-16(4)20-9-7-8-10-21(20)26-23(28)17(5)24-18-11-13-19(14-12-18)25-22(27)15(2)3/h7-17,24H,6H2,1-5H3,(H,25,27)(H,26,28). The molecule has 2 rings (SSSR count). The number of para-hydroxylation sites is 1. The van der Waals surface area contributed by atoms with Gasteiger partial charge in [-0.05, 0) is 55.2 Å². The Labute approximate surface area is 167 Å². The lowest BCUT2D eigenvalue weighted by Crippen LogP contribution is -2.32. The number of carbonyl (C=O) groups is 2. The molecule has 28 heavy (non-hydrogen) atoms. The summed E-state index contributed by atoms with van der Waals surface area (Å²) in [5.41, 5.74) is 3.57. The van der Waals surface area contributed by atoms with Crippen molar-refractivity contribution in [3.8, 4) is 0 Å². The molecule has 0 aliphatic rings. The van der Waals surface area contributed by atoms with Gasteiger partial charge in [-0.25, -0.2) is 0 Å². The molecular formula is C23H31N3O2. The minimum Gasteiger partial charge on any atom is -0.374 e. The molecule has 0 saturated carbocycles. The Kier molecular flexibility index (Phi) is 7.61. The Bertz CT molecular complexity index is 800. The highest BCUT2D eigenvalue weighted by atomic mass is 16.2. The van der Waals surface area contributed by atoms with Crippen molar-refractivity contribution in [1.29, 1.82) is 0 Å². The molecular weight excluding hydrogens is 350 g/mol. The van der Waals surface area contributed by atoms with Crippen molar-refractivity contribution in [3.05, 3.63) is 54.1 Å². The Morgan fingerprint density at radius 3 is 2.04 bits per heavy atom. The second-order valence-electron chi connectivity index (χ2n) is 7.47. The maximum Gasteiger partial charge on any atom is 0.246 e.